The highest BCUT2D eigenvalue weighted by atomic mass is 19.1. The zero-order chi connectivity index (χ0) is 7.61. The Kier molecular flexibility index (Phi) is 1.93. The Labute approximate surface area is 61.4 Å². The molecular formula is C9H12F. The normalized spacial score (nSPS) is 22.0. The van der Waals surface area contributed by atoms with Gasteiger partial charge in [-0.15, -0.1) is 0 Å². The fourth-order valence-electron chi connectivity index (χ4n) is 0.911. The van der Waals surface area contributed by atoms with E-state index in [1.54, 1.807) is 24.3 Å². The molecular weight excluding hydrogens is 127 g/mol. The van der Waals surface area contributed by atoms with Crippen LogP contribution in [0.2, 0.25) is 0 Å². The SMILES string of the molecule is CC(C)C1(F)C=C[CH]C=C1. The predicted molar refractivity (Wildman–Crippen MR) is 41.3 cm³/mol. The zero-order valence-electron chi connectivity index (χ0n) is 6.34. The van der Waals surface area contributed by atoms with E-state index in [1.165, 1.54) is 0 Å². The summed E-state index contributed by atoms with van der Waals surface area (Å²) in [5, 5.41) is 0. The molecule has 1 aliphatic carbocycles. The van der Waals surface area contributed by atoms with Crippen LogP contribution in [-0.2, 0) is 0 Å². The van der Waals surface area contributed by atoms with E-state index in [9.17, 15) is 4.39 Å². The highest BCUT2D eigenvalue weighted by Gasteiger charge is 2.27. The van der Waals surface area contributed by atoms with E-state index in [0.29, 0.717) is 0 Å². The average Bonchev–Trinajstić information content (AvgIpc) is 1.89. The summed E-state index contributed by atoms with van der Waals surface area (Å²) >= 11 is 0. The molecule has 1 heteroatoms. The molecule has 0 bridgehead atoms. The summed E-state index contributed by atoms with van der Waals surface area (Å²) in [7, 11) is 0. The lowest BCUT2D eigenvalue weighted by molar-refractivity contribution is 0.219. The molecule has 1 rings (SSSR count). The number of hydrogen-bond acceptors (Lipinski definition) is 0. The van der Waals surface area contributed by atoms with Gasteiger partial charge in [-0.2, -0.15) is 0 Å². The number of halogens is 1. The lowest BCUT2D eigenvalue weighted by Crippen LogP contribution is -2.25. The molecule has 0 aromatic heterocycles. The van der Waals surface area contributed by atoms with E-state index in [1.807, 2.05) is 20.3 Å². The van der Waals surface area contributed by atoms with E-state index < -0.39 is 5.67 Å². The number of allylic oxidation sites excluding steroid dienone is 4. The number of alkyl halides is 1. The molecule has 1 aliphatic rings. The minimum absolute atomic E-state index is 0.0219. The maximum absolute atomic E-state index is 13.5. The molecule has 0 fully saturated rings. The van der Waals surface area contributed by atoms with Crippen LogP contribution in [0, 0.1) is 12.3 Å². The van der Waals surface area contributed by atoms with E-state index >= 15 is 0 Å². The Hall–Kier alpha value is -0.590. The fraction of sp³-hybridized carbons (Fsp3) is 0.444. The lowest BCUT2D eigenvalue weighted by atomic mass is 9.89. The van der Waals surface area contributed by atoms with Crippen LogP contribution in [0.4, 0.5) is 4.39 Å². The molecule has 0 saturated heterocycles. The van der Waals surface area contributed by atoms with Crippen LogP contribution in [-0.4, -0.2) is 5.67 Å². The molecule has 0 heterocycles. The van der Waals surface area contributed by atoms with Crippen LogP contribution < -0.4 is 0 Å². The van der Waals surface area contributed by atoms with Crippen molar-refractivity contribution in [3.63, 3.8) is 0 Å². The van der Waals surface area contributed by atoms with Gasteiger partial charge in [-0.25, -0.2) is 4.39 Å². The van der Waals surface area contributed by atoms with Crippen molar-refractivity contribution in [2.75, 3.05) is 0 Å². The largest absolute Gasteiger partial charge is 0.234 e. The molecule has 0 amide bonds. The molecule has 0 unspecified atom stereocenters. The molecule has 0 spiro atoms. The van der Waals surface area contributed by atoms with Gasteiger partial charge in [0.25, 0.3) is 0 Å². The van der Waals surface area contributed by atoms with Gasteiger partial charge >= 0.3 is 0 Å². The monoisotopic (exact) mass is 139 g/mol. The summed E-state index contributed by atoms with van der Waals surface area (Å²) in [6.07, 6.45) is 8.52. The predicted octanol–water partition coefficient (Wildman–Crippen LogP) is 2.68. The molecule has 0 saturated carbocycles. The average molecular weight is 139 g/mol. The van der Waals surface area contributed by atoms with Crippen LogP contribution in [0.5, 0.6) is 0 Å². The molecule has 0 aromatic rings. The van der Waals surface area contributed by atoms with Crippen molar-refractivity contribution in [3.05, 3.63) is 30.7 Å². The summed E-state index contributed by atoms with van der Waals surface area (Å²) < 4.78 is 13.5. The Bertz CT molecular complexity index is 154. The topological polar surface area (TPSA) is 0 Å². The van der Waals surface area contributed by atoms with Crippen LogP contribution in [0.1, 0.15) is 13.8 Å². The minimum Gasteiger partial charge on any atom is -0.234 e. The first kappa shape index (κ1) is 7.52. The molecule has 0 aliphatic heterocycles. The second-order valence-corrected chi connectivity index (χ2v) is 2.89. The minimum atomic E-state index is -1.21. The first-order chi connectivity index (χ1) is 4.65. The van der Waals surface area contributed by atoms with Crippen molar-refractivity contribution >= 4 is 0 Å². The summed E-state index contributed by atoms with van der Waals surface area (Å²) in [6.45, 7) is 3.75. The first-order valence-corrected chi connectivity index (χ1v) is 3.54. The van der Waals surface area contributed by atoms with Crippen molar-refractivity contribution in [1.29, 1.82) is 0 Å². The maximum atomic E-state index is 13.5. The van der Waals surface area contributed by atoms with E-state index in [2.05, 4.69) is 0 Å². The quantitative estimate of drug-likeness (QED) is 0.524. The molecule has 0 aromatic carbocycles. The van der Waals surface area contributed by atoms with Crippen molar-refractivity contribution in [2.45, 2.75) is 19.5 Å². The van der Waals surface area contributed by atoms with Gasteiger partial charge in [-0.1, -0.05) is 26.0 Å². The molecule has 55 valence electrons. The van der Waals surface area contributed by atoms with Gasteiger partial charge < -0.3 is 0 Å². The Morgan fingerprint density at radius 2 is 1.70 bits per heavy atom. The number of rotatable bonds is 1. The summed E-state index contributed by atoms with van der Waals surface area (Å²) in [5.41, 5.74) is -1.21. The third kappa shape index (κ3) is 1.28. The standard InChI is InChI=1S/C9H12F/c1-8(2)9(10)6-4-3-5-7-9/h3-8H,1-2H3. The zero-order valence-corrected chi connectivity index (χ0v) is 6.34. The van der Waals surface area contributed by atoms with E-state index in [-0.39, 0.29) is 5.92 Å². The van der Waals surface area contributed by atoms with Gasteiger partial charge in [-0.05, 0) is 18.1 Å². The summed E-state index contributed by atoms with van der Waals surface area (Å²) in [4.78, 5) is 0. The molecule has 0 atom stereocenters. The van der Waals surface area contributed by atoms with Crippen LogP contribution >= 0.6 is 0 Å². The maximum Gasteiger partial charge on any atom is 0.149 e. The summed E-state index contributed by atoms with van der Waals surface area (Å²) in [6, 6.07) is 0. The Balaban J connectivity index is 2.75. The molecule has 0 N–H and O–H groups in total. The lowest BCUT2D eigenvalue weighted by Gasteiger charge is -2.23. The second kappa shape index (κ2) is 2.57. The third-order valence-corrected chi connectivity index (χ3v) is 1.81. The third-order valence-electron chi connectivity index (χ3n) is 1.81. The van der Waals surface area contributed by atoms with Crippen molar-refractivity contribution < 1.29 is 4.39 Å². The molecule has 10 heavy (non-hydrogen) atoms. The van der Waals surface area contributed by atoms with Gasteiger partial charge in [0.1, 0.15) is 5.67 Å². The van der Waals surface area contributed by atoms with Crippen molar-refractivity contribution in [1.82, 2.24) is 0 Å². The van der Waals surface area contributed by atoms with Gasteiger partial charge in [0.15, 0.2) is 0 Å². The van der Waals surface area contributed by atoms with Crippen molar-refractivity contribution in [3.8, 4) is 0 Å². The van der Waals surface area contributed by atoms with Gasteiger partial charge in [0.2, 0.25) is 0 Å². The van der Waals surface area contributed by atoms with Gasteiger partial charge in [0, 0.05) is 6.42 Å². The Morgan fingerprint density at radius 1 is 1.20 bits per heavy atom. The first-order valence-electron chi connectivity index (χ1n) is 3.54. The molecule has 1 radical (unpaired) electrons. The van der Waals surface area contributed by atoms with Crippen LogP contribution in [0.15, 0.2) is 24.3 Å². The van der Waals surface area contributed by atoms with Crippen LogP contribution in [0.3, 0.4) is 0 Å². The van der Waals surface area contributed by atoms with Gasteiger partial charge in [0.05, 0.1) is 0 Å². The van der Waals surface area contributed by atoms with E-state index in [0.717, 1.165) is 0 Å². The van der Waals surface area contributed by atoms with Crippen LogP contribution in [0.25, 0.3) is 0 Å². The summed E-state index contributed by atoms with van der Waals surface area (Å²) in [5.74, 6) is 0.0219. The number of hydrogen-bond donors (Lipinski definition) is 0. The van der Waals surface area contributed by atoms with E-state index in [4.69, 9.17) is 0 Å². The smallest absolute Gasteiger partial charge is 0.149 e. The van der Waals surface area contributed by atoms with Crippen molar-refractivity contribution in [2.24, 2.45) is 5.92 Å². The van der Waals surface area contributed by atoms with Gasteiger partial charge in [-0.3, -0.25) is 0 Å². The Morgan fingerprint density at radius 3 is 2.00 bits per heavy atom. The fourth-order valence-corrected chi connectivity index (χ4v) is 0.911. The second-order valence-electron chi connectivity index (χ2n) is 2.89. The highest BCUT2D eigenvalue weighted by molar-refractivity contribution is 5.27. The molecule has 0 nitrogen and oxygen atoms in total. The highest BCUT2D eigenvalue weighted by Crippen LogP contribution is 2.27.